The summed E-state index contributed by atoms with van der Waals surface area (Å²) >= 11 is 0. The minimum Gasteiger partial charge on any atom is -0.355 e. The zero-order valence-corrected chi connectivity index (χ0v) is 11.5. The van der Waals surface area contributed by atoms with E-state index >= 15 is 0 Å². The van der Waals surface area contributed by atoms with Crippen LogP contribution in [0.1, 0.15) is 38.8 Å². The molecule has 1 atom stereocenters. The van der Waals surface area contributed by atoms with Crippen molar-refractivity contribution in [3.63, 3.8) is 0 Å². The first-order valence-electron chi connectivity index (χ1n) is 7.12. The number of hydrogen-bond acceptors (Lipinski definition) is 4. The first kappa shape index (κ1) is 13.3. The van der Waals surface area contributed by atoms with Gasteiger partial charge >= 0.3 is 0 Å². The average Bonchev–Trinajstić information content (AvgIpc) is 2.45. The van der Waals surface area contributed by atoms with Crippen LogP contribution in [0.25, 0.3) is 0 Å². The van der Waals surface area contributed by atoms with Gasteiger partial charge in [-0.3, -0.25) is 0 Å². The van der Waals surface area contributed by atoms with Crippen molar-refractivity contribution >= 4 is 5.82 Å². The maximum atomic E-state index is 4.41. The van der Waals surface area contributed by atoms with Crippen molar-refractivity contribution in [1.29, 1.82) is 0 Å². The Kier molecular flexibility index (Phi) is 4.93. The van der Waals surface area contributed by atoms with Gasteiger partial charge in [-0.1, -0.05) is 13.8 Å². The fraction of sp³-hybridized carbons (Fsp3) is 0.714. The lowest BCUT2D eigenvalue weighted by Gasteiger charge is -2.34. The van der Waals surface area contributed by atoms with Gasteiger partial charge < -0.3 is 10.2 Å². The van der Waals surface area contributed by atoms with E-state index in [0.29, 0.717) is 6.04 Å². The molecule has 1 aliphatic heterocycles. The fourth-order valence-electron chi connectivity index (χ4n) is 2.45. The first-order chi connectivity index (χ1) is 8.83. The van der Waals surface area contributed by atoms with E-state index in [4.69, 9.17) is 0 Å². The summed E-state index contributed by atoms with van der Waals surface area (Å²) in [6.07, 6.45) is 6.39. The number of hydrogen-bond donors (Lipinski definition) is 1. The second kappa shape index (κ2) is 6.69. The van der Waals surface area contributed by atoms with Crippen LogP contribution in [-0.2, 0) is 6.42 Å². The average molecular weight is 248 g/mol. The summed E-state index contributed by atoms with van der Waals surface area (Å²) in [5.74, 6) is 1.09. The maximum absolute atomic E-state index is 4.41. The van der Waals surface area contributed by atoms with E-state index in [0.717, 1.165) is 37.6 Å². The molecule has 0 aliphatic carbocycles. The number of nitrogens with zero attached hydrogens (tertiary/aromatic N) is 3. The summed E-state index contributed by atoms with van der Waals surface area (Å²) in [4.78, 5) is 11.1. The summed E-state index contributed by atoms with van der Waals surface area (Å²) in [6, 6.07) is 2.74. The van der Waals surface area contributed by atoms with Crippen LogP contribution in [0.4, 0.5) is 5.82 Å². The van der Waals surface area contributed by atoms with Crippen LogP contribution in [0.5, 0.6) is 0 Å². The molecule has 1 unspecified atom stereocenters. The molecule has 1 N–H and O–H groups in total. The predicted octanol–water partition coefficient (Wildman–Crippen LogP) is 2.01. The Hall–Kier alpha value is -1.16. The Bertz CT molecular complexity index is 367. The molecule has 1 aromatic rings. The van der Waals surface area contributed by atoms with Gasteiger partial charge in [0.05, 0.1) is 0 Å². The molecule has 1 aliphatic rings. The van der Waals surface area contributed by atoms with Crippen molar-refractivity contribution in [3.05, 3.63) is 18.1 Å². The summed E-state index contributed by atoms with van der Waals surface area (Å²) in [5, 5.41) is 3.61. The molecule has 100 valence electrons. The molecule has 0 radical (unpaired) electrons. The second-order valence-electron chi connectivity index (χ2n) is 4.96. The first-order valence-corrected chi connectivity index (χ1v) is 7.12. The summed E-state index contributed by atoms with van der Waals surface area (Å²) in [6.45, 7) is 7.65. The Morgan fingerprint density at radius 3 is 3.06 bits per heavy atom. The van der Waals surface area contributed by atoms with Crippen molar-refractivity contribution in [2.75, 3.05) is 24.5 Å². The molecule has 18 heavy (non-hydrogen) atoms. The predicted molar refractivity (Wildman–Crippen MR) is 74.9 cm³/mol. The van der Waals surface area contributed by atoms with Gasteiger partial charge in [-0.25, -0.2) is 9.97 Å². The van der Waals surface area contributed by atoms with Crippen LogP contribution in [0, 0.1) is 0 Å². The molecular formula is C14H24N4. The van der Waals surface area contributed by atoms with Gasteiger partial charge in [0.15, 0.2) is 0 Å². The molecule has 0 amide bonds. The minimum absolute atomic E-state index is 0.610. The Labute approximate surface area is 110 Å². The van der Waals surface area contributed by atoms with Crippen molar-refractivity contribution in [1.82, 2.24) is 15.3 Å². The third kappa shape index (κ3) is 3.42. The Morgan fingerprint density at radius 2 is 2.28 bits per heavy atom. The van der Waals surface area contributed by atoms with Crippen molar-refractivity contribution < 1.29 is 0 Å². The van der Waals surface area contributed by atoms with Crippen LogP contribution in [0.2, 0.25) is 0 Å². The topological polar surface area (TPSA) is 41.0 Å². The maximum Gasteiger partial charge on any atom is 0.132 e. The van der Waals surface area contributed by atoms with Crippen LogP contribution in [-0.4, -0.2) is 35.6 Å². The lowest BCUT2D eigenvalue weighted by atomic mass is 10.1. The highest BCUT2D eigenvalue weighted by atomic mass is 15.2. The molecular weight excluding hydrogens is 224 g/mol. The van der Waals surface area contributed by atoms with E-state index in [1.54, 1.807) is 6.33 Å². The molecule has 1 fully saturated rings. The highest BCUT2D eigenvalue weighted by Gasteiger charge is 2.20. The number of aromatic nitrogens is 2. The molecule has 0 spiro atoms. The zero-order chi connectivity index (χ0) is 12.8. The van der Waals surface area contributed by atoms with Crippen molar-refractivity contribution in [2.45, 2.75) is 45.6 Å². The molecule has 0 aromatic carbocycles. The molecule has 2 heterocycles. The normalized spacial score (nSPS) is 20.1. The Balaban J connectivity index is 1.98. The van der Waals surface area contributed by atoms with Crippen LogP contribution in [0.15, 0.2) is 12.4 Å². The SMILES string of the molecule is CCCNC1CCCN(c2cc(CC)ncn2)C1. The van der Waals surface area contributed by atoms with Gasteiger partial charge in [0, 0.05) is 30.9 Å². The fourth-order valence-corrected chi connectivity index (χ4v) is 2.45. The Morgan fingerprint density at radius 1 is 1.39 bits per heavy atom. The third-order valence-corrected chi connectivity index (χ3v) is 3.50. The quantitative estimate of drug-likeness (QED) is 0.865. The summed E-state index contributed by atoms with van der Waals surface area (Å²) < 4.78 is 0. The second-order valence-corrected chi connectivity index (χ2v) is 4.96. The number of piperidine rings is 1. The lowest BCUT2D eigenvalue weighted by Crippen LogP contribution is -2.46. The third-order valence-electron chi connectivity index (χ3n) is 3.50. The number of rotatable bonds is 5. The van der Waals surface area contributed by atoms with E-state index in [2.05, 4.69) is 40.1 Å². The summed E-state index contributed by atoms with van der Waals surface area (Å²) in [7, 11) is 0. The standard InChI is InChI=1S/C14H24N4/c1-3-7-15-13-6-5-8-18(10-13)14-9-12(4-2)16-11-17-14/h9,11,13,15H,3-8,10H2,1-2H3. The van der Waals surface area contributed by atoms with Gasteiger partial charge in [0.1, 0.15) is 12.1 Å². The molecule has 0 bridgehead atoms. The van der Waals surface area contributed by atoms with E-state index in [-0.39, 0.29) is 0 Å². The number of aryl methyl sites for hydroxylation is 1. The highest BCUT2D eigenvalue weighted by Crippen LogP contribution is 2.18. The minimum atomic E-state index is 0.610. The van der Waals surface area contributed by atoms with Gasteiger partial charge in [-0.05, 0) is 32.2 Å². The zero-order valence-electron chi connectivity index (χ0n) is 11.5. The van der Waals surface area contributed by atoms with E-state index in [1.165, 1.54) is 19.3 Å². The van der Waals surface area contributed by atoms with Crippen molar-refractivity contribution in [2.24, 2.45) is 0 Å². The lowest BCUT2D eigenvalue weighted by molar-refractivity contribution is 0.421. The molecule has 0 saturated carbocycles. The van der Waals surface area contributed by atoms with Gasteiger partial charge in [0.25, 0.3) is 0 Å². The van der Waals surface area contributed by atoms with Gasteiger partial charge in [-0.2, -0.15) is 0 Å². The van der Waals surface area contributed by atoms with Crippen molar-refractivity contribution in [3.8, 4) is 0 Å². The van der Waals surface area contributed by atoms with E-state index < -0.39 is 0 Å². The smallest absolute Gasteiger partial charge is 0.132 e. The monoisotopic (exact) mass is 248 g/mol. The highest BCUT2D eigenvalue weighted by molar-refractivity contribution is 5.39. The van der Waals surface area contributed by atoms with Gasteiger partial charge in [-0.15, -0.1) is 0 Å². The molecule has 4 nitrogen and oxygen atoms in total. The van der Waals surface area contributed by atoms with E-state index in [9.17, 15) is 0 Å². The van der Waals surface area contributed by atoms with Crippen LogP contribution >= 0.6 is 0 Å². The van der Waals surface area contributed by atoms with E-state index in [1.807, 2.05) is 0 Å². The number of nitrogens with one attached hydrogen (secondary N) is 1. The largest absolute Gasteiger partial charge is 0.355 e. The molecule has 1 aromatic heterocycles. The van der Waals surface area contributed by atoms with Crippen LogP contribution < -0.4 is 10.2 Å². The summed E-state index contributed by atoms with van der Waals surface area (Å²) in [5.41, 5.74) is 1.13. The molecule has 2 rings (SSSR count). The van der Waals surface area contributed by atoms with Crippen LogP contribution in [0.3, 0.4) is 0 Å². The molecule has 4 heteroatoms. The number of anilines is 1. The van der Waals surface area contributed by atoms with Gasteiger partial charge in [0.2, 0.25) is 0 Å². The molecule has 1 saturated heterocycles.